The van der Waals surface area contributed by atoms with E-state index >= 15 is 0 Å². The van der Waals surface area contributed by atoms with E-state index in [1.807, 2.05) is 62.5 Å². The number of nitrogens with one attached hydrogen (secondary N) is 2. The third-order valence-electron chi connectivity index (χ3n) is 4.11. The van der Waals surface area contributed by atoms with Crippen molar-refractivity contribution in [2.75, 3.05) is 11.1 Å². The number of carbonyl (C=O) groups excluding carboxylic acids is 2. The van der Waals surface area contributed by atoms with Crippen molar-refractivity contribution in [1.29, 1.82) is 0 Å². The van der Waals surface area contributed by atoms with Crippen LogP contribution in [0.2, 0.25) is 0 Å². The topological polar surface area (TPSA) is 88.9 Å². The second-order valence-corrected chi connectivity index (χ2v) is 7.10. The average molecular weight is 395 g/mol. The number of para-hydroxylation sites is 1. The number of rotatable bonds is 7. The second kappa shape index (κ2) is 9.18. The van der Waals surface area contributed by atoms with Gasteiger partial charge in [0.25, 0.3) is 5.91 Å². The highest BCUT2D eigenvalue weighted by Crippen LogP contribution is 2.16. The zero-order valence-electron chi connectivity index (χ0n) is 15.7. The Balaban J connectivity index is 1.53. The molecule has 28 heavy (non-hydrogen) atoms. The Labute approximate surface area is 167 Å². The largest absolute Gasteiger partial charge is 0.345 e. The first-order valence-corrected chi connectivity index (χ1v) is 9.73. The van der Waals surface area contributed by atoms with Crippen LogP contribution in [0.25, 0.3) is 0 Å². The Morgan fingerprint density at radius 2 is 1.75 bits per heavy atom. The lowest BCUT2D eigenvalue weighted by Gasteiger charge is -2.08. The number of benzene rings is 2. The predicted molar refractivity (Wildman–Crippen MR) is 109 cm³/mol. The number of nitrogens with zero attached hydrogens (tertiary/aromatic N) is 3. The minimum atomic E-state index is -0.155. The molecule has 2 N–H and O–H groups in total. The van der Waals surface area contributed by atoms with Gasteiger partial charge in [0.1, 0.15) is 0 Å². The molecule has 1 aromatic heterocycles. The number of amides is 2. The summed E-state index contributed by atoms with van der Waals surface area (Å²) in [5, 5.41) is 14.5. The Morgan fingerprint density at radius 3 is 2.50 bits per heavy atom. The first kappa shape index (κ1) is 19.6. The van der Waals surface area contributed by atoms with E-state index < -0.39 is 0 Å². The summed E-state index contributed by atoms with van der Waals surface area (Å²) in [4.78, 5) is 24.4. The second-order valence-electron chi connectivity index (χ2n) is 6.16. The van der Waals surface area contributed by atoms with Crippen molar-refractivity contribution < 1.29 is 9.59 Å². The van der Waals surface area contributed by atoms with Gasteiger partial charge in [-0.3, -0.25) is 9.59 Å². The molecular weight excluding hydrogens is 374 g/mol. The summed E-state index contributed by atoms with van der Waals surface area (Å²) in [5.74, 6) is 0.565. The number of aryl methyl sites for hydroxylation is 1. The van der Waals surface area contributed by atoms with Gasteiger partial charge in [0, 0.05) is 18.3 Å². The maximum Gasteiger partial charge on any atom is 0.251 e. The molecule has 0 radical (unpaired) electrons. The van der Waals surface area contributed by atoms with Crippen molar-refractivity contribution in [3.05, 3.63) is 71.5 Å². The van der Waals surface area contributed by atoms with Gasteiger partial charge in [0.15, 0.2) is 11.0 Å². The third kappa shape index (κ3) is 4.98. The summed E-state index contributed by atoms with van der Waals surface area (Å²) in [6, 6.07) is 16.7. The van der Waals surface area contributed by atoms with E-state index in [1.165, 1.54) is 11.8 Å². The van der Waals surface area contributed by atoms with Crippen LogP contribution in [0.4, 0.5) is 5.69 Å². The van der Waals surface area contributed by atoms with Gasteiger partial charge < -0.3 is 15.2 Å². The van der Waals surface area contributed by atoms with Gasteiger partial charge >= 0.3 is 0 Å². The SMILES string of the molecule is Cc1ccccc1C(=O)NCc1nnc(SCC(=O)Nc2ccccc2)n1C. The van der Waals surface area contributed by atoms with Gasteiger partial charge in [-0.05, 0) is 30.7 Å². The van der Waals surface area contributed by atoms with E-state index in [4.69, 9.17) is 0 Å². The average Bonchev–Trinajstić information content (AvgIpc) is 3.05. The van der Waals surface area contributed by atoms with E-state index in [9.17, 15) is 9.59 Å². The van der Waals surface area contributed by atoms with Crippen LogP contribution >= 0.6 is 11.8 Å². The van der Waals surface area contributed by atoms with Crippen molar-refractivity contribution in [2.45, 2.75) is 18.6 Å². The molecule has 0 saturated heterocycles. The van der Waals surface area contributed by atoms with Crippen molar-refractivity contribution in [3.63, 3.8) is 0 Å². The molecule has 0 aliphatic rings. The molecule has 2 aromatic carbocycles. The molecule has 2 amide bonds. The Hall–Kier alpha value is -3.13. The molecule has 8 heteroatoms. The number of hydrogen-bond donors (Lipinski definition) is 2. The summed E-state index contributed by atoms with van der Waals surface area (Å²) in [5.41, 5.74) is 2.31. The van der Waals surface area contributed by atoms with E-state index in [1.54, 1.807) is 10.6 Å². The van der Waals surface area contributed by atoms with E-state index in [0.717, 1.165) is 11.3 Å². The first-order chi connectivity index (χ1) is 13.5. The van der Waals surface area contributed by atoms with Crippen LogP contribution in [0.5, 0.6) is 0 Å². The summed E-state index contributed by atoms with van der Waals surface area (Å²) in [7, 11) is 1.81. The molecule has 0 unspecified atom stereocenters. The highest BCUT2D eigenvalue weighted by molar-refractivity contribution is 7.99. The van der Waals surface area contributed by atoms with Crippen LogP contribution in [0.3, 0.4) is 0 Å². The van der Waals surface area contributed by atoms with Crippen molar-refractivity contribution in [2.24, 2.45) is 7.05 Å². The van der Waals surface area contributed by atoms with Gasteiger partial charge in [-0.1, -0.05) is 48.2 Å². The van der Waals surface area contributed by atoms with Gasteiger partial charge in [-0.15, -0.1) is 10.2 Å². The minimum absolute atomic E-state index is 0.117. The molecule has 1 heterocycles. The molecule has 0 atom stereocenters. The highest BCUT2D eigenvalue weighted by atomic mass is 32.2. The fraction of sp³-hybridized carbons (Fsp3) is 0.200. The standard InChI is InChI=1S/C20H21N5O2S/c1-14-8-6-7-11-16(14)19(27)21-12-17-23-24-20(25(17)2)28-13-18(26)22-15-9-4-3-5-10-15/h3-11H,12-13H2,1-2H3,(H,21,27)(H,22,26). The third-order valence-corrected chi connectivity index (χ3v) is 5.13. The molecule has 3 aromatic rings. The first-order valence-electron chi connectivity index (χ1n) is 8.74. The molecule has 0 fully saturated rings. The molecule has 144 valence electrons. The maximum atomic E-state index is 12.3. The Morgan fingerprint density at radius 1 is 1.04 bits per heavy atom. The number of hydrogen-bond acceptors (Lipinski definition) is 5. The monoisotopic (exact) mass is 395 g/mol. The molecule has 0 aliphatic carbocycles. The number of thioether (sulfide) groups is 1. The molecule has 0 spiro atoms. The Bertz CT molecular complexity index is 972. The summed E-state index contributed by atoms with van der Waals surface area (Å²) in [6.45, 7) is 2.15. The van der Waals surface area contributed by atoms with Gasteiger partial charge in [0.2, 0.25) is 5.91 Å². The molecule has 7 nitrogen and oxygen atoms in total. The number of anilines is 1. The van der Waals surface area contributed by atoms with Crippen LogP contribution in [0.1, 0.15) is 21.7 Å². The zero-order chi connectivity index (χ0) is 19.9. The normalized spacial score (nSPS) is 10.5. The summed E-state index contributed by atoms with van der Waals surface area (Å²) >= 11 is 1.29. The van der Waals surface area contributed by atoms with Gasteiger partial charge in [-0.2, -0.15) is 0 Å². The van der Waals surface area contributed by atoms with Crippen LogP contribution < -0.4 is 10.6 Å². The lowest BCUT2D eigenvalue weighted by Crippen LogP contribution is -2.25. The predicted octanol–water partition coefficient (Wildman–Crippen LogP) is 2.78. The smallest absolute Gasteiger partial charge is 0.251 e. The number of aromatic nitrogens is 3. The van der Waals surface area contributed by atoms with E-state index in [0.29, 0.717) is 16.5 Å². The molecule has 0 saturated carbocycles. The van der Waals surface area contributed by atoms with E-state index in [-0.39, 0.29) is 24.1 Å². The zero-order valence-corrected chi connectivity index (χ0v) is 16.5. The van der Waals surface area contributed by atoms with Gasteiger partial charge in [-0.25, -0.2) is 0 Å². The lowest BCUT2D eigenvalue weighted by atomic mass is 10.1. The maximum absolute atomic E-state index is 12.3. The van der Waals surface area contributed by atoms with Crippen molar-refractivity contribution in [3.8, 4) is 0 Å². The van der Waals surface area contributed by atoms with Crippen molar-refractivity contribution >= 4 is 29.3 Å². The minimum Gasteiger partial charge on any atom is -0.345 e. The fourth-order valence-electron chi connectivity index (χ4n) is 2.56. The lowest BCUT2D eigenvalue weighted by molar-refractivity contribution is -0.113. The van der Waals surface area contributed by atoms with Crippen molar-refractivity contribution in [1.82, 2.24) is 20.1 Å². The van der Waals surface area contributed by atoms with Crippen LogP contribution in [0.15, 0.2) is 59.8 Å². The quantitative estimate of drug-likeness (QED) is 0.601. The van der Waals surface area contributed by atoms with Crippen LogP contribution in [0, 0.1) is 6.92 Å². The molecular formula is C20H21N5O2S. The molecule has 0 aliphatic heterocycles. The summed E-state index contributed by atoms with van der Waals surface area (Å²) in [6.07, 6.45) is 0. The van der Waals surface area contributed by atoms with Crippen LogP contribution in [-0.2, 0) is 18.4 Å². The number of carbonyl (C=O) groups is 2. The van der Waals surface area contributed by atoms with Crippen LogP contribution in [-0.4, -0.2) is 32.3 Å². The summed E-state index contributed by atoms with van der Waals surface area (Å²) < 4.78 is 1.78. The van der Waals surface area contributed by atoms with Gasteiger partial charge in [0.05, 0.1) is 12.3 Å². The van der Waals surface area contributed by atoms with E-state index in [2.05, 4.69) is 20.8 Å². The fourth-order valence-corrected chi connectivity index (χ4v) is 3.29. The Kier molecular flexibility index (Phi) is 6.44. The molecule has 3 rings (SSSR count). The highest BCUT2D eigenvalue weighted by Gasteiger charge is 2.14. The molecule has 0 bridgehead atoms.